The monoisotopic (exact) mass is 1310 g/mol. The number of amides is 7. The maximum Gasteiger partial charge on any atom is 0.407 e. The molecule has 530 valence electrons. The molecule has 7 amide bonds. The maximum atomic E-state index is 12.1. The number of carbonyl (C=O) groups is 10. The molecule has 18 N–H and O–H groups in total. The third-order valence-electron chi connectivity index (χ3n) is 14.2. The average molecular weight is 1310 g/mol. The Kier molecular flexibility index (Phi) is 55.7. The van der Waals surface area contributed by atoms with E-state index < -0.39 is 83.0 Å². The van der Waals surface area contributed by atoms with Crippen LogP contribution in [0.4, 0.5) is 4.79 Å². The van der Waals surface area contributed by atoms with Crippen LogP contribution in [0.5, 0.6) is 0 Å². The van der Waals surface area contributed by atoms with E-state index >= 15 is 0 Å². The van der Waals surface area contributed by atoms with Crippen LogP contribution in [0.2, 0.25) is 0 Å². The second-order valence-corrected chi connectivity index (χ2v) is 23.6. The minimum absolute atomic E-state index is 0.000395. The van der Waals surface area contributed by atoms with Crippen LogP contribution in [0.25, 0.3) is 0 Å². The maximum absolute atomic E-state index is 12.1. The Bertz CT molecular complexity index is 1920. The zero-order valence-electron chi connectivity index (χ0n) is 55.7. The van der Waals surface area contributed by atoms with E-state index in [4.69, 9.17) is 43.0 Å². The number of unbranched alkanes of at least 4 members (excludes halogenated alkanes) is 3. The lowest BCUT2D eigenvalue weighted by Gasteiger charge is -2.29. The molecular weight excluding hydrogens is 1190 g/mol. The van der Waals surface area contributed by atoms with Crippen molar-refractivity contribution in [3.8, 4) is 0 Å². The highest BCUT2D eigenvalue weighted by molar-refractivity contribution is 5.78. The van der Waals surface area contributed by atoms with E-state index in [-0.39, 0.29) is 85.5 Å². The minimum Gasteiger partial charge on any atom is -0.481 e. The van der Waals surface area contributed by atoms with Crippen molar-refractivity contribution >= 4 is 59.4 Å². The zero-order valence-corrected chi connectivity index (χ0v) is 55.7. The van der Waals surface area contributed by atoms with Gasteiger partial charge in [-0.2, -0.15) is 0 Å². The third kappa shape index (κ3) is 55.7. The van der Waals surface area contributed by atoms with Gasteiger partial charge >= 0.3 is 24.0 Å². The lowest BCUT2D eigenvalue weighted by atomic mass is 9.77. The lowest BCUT2D eigenvalue weighted by Crippen LogP contribution is -2.42. The van der Waals surface area contributed by atoms with Crippen LogP contribution in [0, 0.1) is 25.6 Å². The van der Waals surface area contributed by atoms with Crippen molar-refractivity contribution in [3.63, 3.8) is 0 Å². The molecule has 0 spiro atoms. The number of carboxylic acid groups (broad SMARTS) is 3. The molecule has 0 saturated carbocycles. The van der Waals surface area contributed by atoms with Gasteiger partial charge in [0.05, 0.1) is 19.3 Å². The highest BCUT2D eigenvalue weighted by Gasteiger charge is 2.44. The van der Waals surface area contributed by atoms with Gasteiger partial charge in [0.15, 0.2) is 0 Å². The molecule has 0 rings (SSSR count). The summed E-state index contributed by atoms with van der Waals surface area (Å²) in [6.07, 6.45) is 8.25. The molecule has 0 aromatic carbocycles. The second-order valence-electron chi connectivity index (χ2n) is 23.6. The zero-order chi connectivity index (χ0) is 70.2. The van der Waals surface area contributed by atoms with Gasteiger partial charge in [-0.3, -0.25) is 63.4 Å². The number of hydrogen-bond acceptors (Lipinski definition) is 19. The second kappa shape index (κ2) is 55.9. The third-order valence-corrected chi connectivity index (χ3v) is 14.2. The molecule has 0 aliphatic rings. The summed E-state index contributed by atoms with van der Waals surface area (Å²) in [5.74, 6) is -4.54. The van der Waals surface area contributed by atoms with E-state index in [1.54, 1.807) is 0 Å². The molecule has 0 unspecified atom stereocenters. The van der Waals surface area contributed by atoms with Crippen molar-refractivity contribution in [2.75, 3.05) is 72.0 Å². The van der Waals surface area contributed by atoms with Crippen LogP contribution in [-0.2, 0) is 47.9 Å². The van der Waals surface area contributed by atoms with Crippen LogP contribution in [0.3, 0.4) is 0 Å². The number of nitrogens with zero attached hydrogens (tertiary/aromatic N) is 2. The molecule has 0 radical (unpaired) electrons. The molecule has 0 aliphatic heterocycles. The lowest BCUT2D eigenvalue weighted by molar-refractivity contribution is -0.573. The number of alkyl carbamates (subject to hydrolysis) is 1. The normalized spacial score (nSPS) is 11.1. The van der Waals surface area contributed by atoms with Gasteiger partial charge in [0.2, 0.25) is 46.5 Å². The number of nitrogens with one attached hydrogen (secondary N) is 7. The predicted octanol–water partition coefficient (Wildman–Crippen LogP) is 4.28. The molecule has 0 aliphatic carbocycles. The topological polar surface area (TPSA) is 515 Å². The molecule has 0 bridgehead atoms. The van der Waals surface area contributed by atoms with Crippen molar-refractivity contribution in [1.29, 1.82) is 0 Å². The summed E-state index contributed by atoms with van der Waals surface area (Å²) < 4.78 is 4.99. The summed E-state index contributed by atoms with van der Waals surface area (Å²) in [6.45, 7) is 19.7. The number of hydrogen-bond donors (Lipinski definition) is 14. The van der Waals surface area contributed by atoms with Crippen molar-refractivity contribution in [2.45, 2.75) is 245 Å². The molecule has 31 nitrogen and oxygen atoms in total. The van der Waals surface area contributed by atoms with Crippen molar-refractivity contribution in [2.24, 2.45) is 28.3 Å². The number of ether oxygens (including phenoxy) is 1. The van der Waals surface area contributed by atoms with E-state index in [0.29, 0.717) is 111 Å². The predicted molar refractivity (Wildman–Crippen MR) is 345 cm³/mol. The highest BCUT2D eigenvalue weighted by atomic mass is 16.6. The van der Waals surface area contributed by atoms with Gasteiger partial charge in [-0.25, -0.2) is 4.79 Å². The summed E-state index contributed by atoms with van der Waals surface area (Å²) in [6, 6.07) is 0. The standard InChI is InChI=1S/C22H42N4O5.C20H42N6O3.C10H15NO8.C8H18N2O2/c1-4-7-16-23-19(27)10-13-22(26(30)31,14-11-20(28)24-17-8-5-2)15-12-21(29)25-18-9-6-3;1-20(8-5-17(27)24-14-2-11-21,9-6-18(28)25-15-3-12-22)10-7-19(29)26-16-4-13-23;12-7(13)1-4-10(11(18)19,5-2-8(14)15)6-3-9(16)17;1-8(2,3)12-7(11)10-6-4-5-9/h4-18H2,1-3H3,(H,23,27)(H,24,28)(H,25,29);2-16,21-23H2,1H3,(H,24,27)(H,25,28)(H,26,29);1-6H2,(H,12,13)(H,14,15)(H,16,17);4-6,9H2,1-3H3,(H,10,11). The molecular formula is C60H117N13O18. The summed E-state index contributed by atoms with van der Waals surface area (Å²) >= 11 is 0. The van der Waals surface area contributed by atoms with Gasteiger partial charge in [0, 0.05) is 133 Å². The fourth-order valence-electron chi connectivity index (χ4n) is 8.32. The van der Waals surface area contributed by atoms with E-state index in [1.807, 2.05) is 48.5 Å². The molecule has 0 saturated heterocycles. The molecule has 0 aromatic rings. The number of aliphatic carboxylic acids is 3. The van der Waals surface area contributed by atoms with Crippen LogP contribution >= 0.6 is 0 Å². The number of nitro groups is 2. The van der Waals surface area contributed by atoms with Gasteiger partial charge < -0.3 is 80.2 Å². The van der Waals surface area contributed by atoms with Gasteiger partial charge in [-0.15, -0.1) is 0 Å². The first-order valence-corrected chi connectivity index (χ1v) is 32.1. The average Bonchev–Trinajstić information content (AvgIpc) is 1.03. The molecule has 0 heterocycles. The van der Waals surface area contributed by atoms with Gasteiger partial charge in [-0.05, 0) is 117 Å². The van der Waals surface area contributed by atoms with Gasteiger partial charge in [-0.1, -0.05) is 47.0 Å². The summed E-state index contributed by atoms with van der Waals surface area (Å²) in [4.78, 5) is 137. The Hall–Kier alpha value is -6.86. The van der Waals surface area contributed by atoms with E-state index in [2.05, 4.69) is 37.2 Å². The quantitative estimate of drug-likeness (QED) is 0.0230. The number of carboxylic acids is 3. The summed E-state index contributed by atoms with van der Waals surface area (Å²) in [5.41, 5.74) is 17.6. The first-order chi connectivity index (χ1) is 42.8. The summed E-state index contributed by atoms with van der Waals surface area (Å²) in [5, 5.41) is 68.3. The molecule has 31 heteroatoms. The Morgan fingerprint density at radius 1 is 0.363 bits per heavy atom. The first-order valence-electron chi connectivity index (χ1n) is 32.1. The van der Waals surface area contributed by atoms with E-state index in [0.717, 1.165) is 64.2 Å². The van der Waals surface area contributed by atoms with Crippen LogP contribution in [-0.4, -0.2) is 173 Å². The minimum atomic E-state index is -1.82. The smallest absolute Gasteiger partial charge is 0.407 e. The van der Waals surface area contributed by atoms with E-state index in [9.17, 15) is 68.2 Å². The number of rotatable bonds is 50. The molecule has 0 atom stereocenters. The Labute approximate surface area is 538 Å². The SMILES string of the molecule is CC(C)(C)OC(=O)NCCCN.CC(CCC(=O)NCCCN)(CCC(=O)NCCCN)CCC(=O)NCCCN.CCCCNC(=O)CCC(CCC(=O)NCCCC)(CCC(=O)NCCCC)[N+](=O)[O-].O=C(O)CCC(CCC(=O)O)(CCC(=O)O)[N+](=O)[O-]. The van der Waals surface area contributed by atoms with Crippen molar-refractivity contribution < 1.29 is 77.8 Å². The van der Waals surface area contributed by atoms with Crippen LogP contribution in [0.15, 0.2) is 0 Å². The molecule has 91 heavy (non-hydrogen) atoms. The first kappa shape index (κ1) is 90.6. The van der Waals surface area contributed by atoms with Gasteiger partial charge in [0.25, 0.3) is 0 Å². The molecule has 0 aromatic heterocycles. The van der Waals surface area contributed by atoms with E-state index in [1.165, 1.54) is 0 Å². The number of nitrogens with two attached hydrogens (primary N) is 4. The van der Waals surface area contributed by atoms with Crippen LogP contribution in [0.1, 0.15) is 228 Å². The van der Waals surface area contributed by atoms with Crippen molar-refractivity contribution in [3.05, 3.63) is 20.2 Å². The fraction of sp³-hybridized carbons (Fsp3) is 0.833. The highest BCUT2D eigenvalue weighted by Crippen LogP contribution is 2.35. The summed E-state index contributed by atoms with van der Waals surface area (Å²) in [7, 11) is 0. The van der Waals surface area contributed by atoms with Crippen LogP contribution < -0.4 is 60.2 Å². The Morgan fingerprint density at radius 3 is 0.769 bits per heavy atom. The number of carbonyl (C=O) groups excluding carboxylic acids is 7. The molecule has 0 fully saturated rings. The largest absolute Gasteiger partial charge is 0.481 e. The van der Waals surface area contributed by atoms with Gasteiger partial charge in [0.1, 0.15) is 5.60 Å². The Balaban J connectivity index is -0.000000583. The fourth-order valence-corrected chi connectivity index (χ4v) is 8.32. The van der Waals surface area contributed by atoms with Crippen molar-refractivity contribution in [1.82, 2.24) is 37.2 Å². The Morgan fingerprint density at radius 2 is 0.571 bits per heavy atom.